The van der Waals surface area contributed by atoms with Crippen LogP contribution in [-0.4, -0.2) is 25.8 Å². The Morgan fingerprint density at radius 3 is 2.10 bits per heavy atom. The molecule has 3 nitrogen and oxygen atoms in total. The fourth-order valence-corrected chi connectivity index (χ4v) is 0.898. The Bertz CT molecular complexity index is 109. The first kappa shape index (κ1) is 9.41. The molecule has 0 amide bonds. The molecule has 2 N–H and O–H groups in total. The summed E-state index contributed by atoms with van der Waals surface area (Å²) < 4.78 is 0. The predicted octanol–water partition coefficient (Wildman–Crippen LogP) is 0.449. The maximum Gasteiger partial charge on any atom is 0.205 e. The molecule has 1 heterocycles. The summed E-state index contributed by atoms with van der Waals surface area (Å²) in [4.78, 5) is 2.75. The van der Waals surface area contributed by atoms with Crippen molar-refractivity contribution in [3.63, 3.8) is 0 Å². The number of nitrogens with zero attached hydrogens (tertiary/aromatic N) is 1. The van der Waals surface area contributed by atoms with Crippen molar-refractivity contribution in [3.05, 3.63) is 11.4 Å². The van der Waals surface area contributed by atoms with Gasteiger partial charge in [-0.05, 0) is 13.8 Å². The molecule has 1 fully saturated rings. The predicted molar refractivity (Wildman–Crippen MR) is 42.6 cm³/mol. The van der Waals surface area contributed by atoms with Crippen LogP contribution >= 0.6 is 0 Å². The lowest BCUT2D eigenvalue weighted by Gasteiger charge is -2.00. The third kappa shape index (κ3) is 4.30. The molecule has 1 aliphatic heterocycles. The van der Waals surface area contributed by atoms with E-state index >= 15 is 0 Å². The molecular formula is C7H15N3. The van der Waals surface area contributed by atoms with Gasteiger partial charge in [-0.25, -0.2) is 6.57 Å². The van der Waals surface area contributed by atoms with Crippen LogP contribution in [0.3, 0.4) is 0 Å². The summed E-state index contributed by atoms with van der Waals surface area (Å²) in [6.45, 7) is 11.3. The van der Waals surface area contributed by atoms with Crippen molar-refractivity contribution in [3.8, 4) is 0 Å². The van der Waals surface area contributed by atoms with Crippen LogP contribution in [0.1, 0.15) is 13.8 Å². The molecular weight excluding hydrogens is 126 g/mol. The van der Waals surface area contributed by atoms with E-state index in [9.17, 15) is 0 Å². The van der Waals surface area contributed by atoms with E-state index in [1.54, 1.807) is 0 Å². The van der Waals surface area contributed by atoms with E-state index in [2.05, 4.69) is 29.3 Å². The van der Waals surface area contributed by atoms with Gasteiger partial charge in [-0.3, -0.25) is 5.32 Å². The summed E-state index contributed by atoms with van der Waals surface area (Å²) in [6, 6.07) is 0.662. The summed E-state index contributed by atoms with van der Waals surface area (Å²) in [5, 5.41) is 6.56. The van der Waals surface area contributed by atoms with E-state index in [-0.39, 0.29) is 0 Å². The third-order valence-electron chi connectivity index (χ3n) is 1.26. The molecule has 0 spiro atoms. The van der Waals surface area contributed by atoms with Gasteiger partial charge in [0.2, 0.25) is 7.05 Å². The first-order valence-electron chi connectivity index (χ1n) is 3.45. The Morgan fingerprint density at radius 2 is 2.00 bits per heavy atom. The SMILES string of the molecule is CC1CNC(C)N1.[C-]#[N+]C. The van der Waals surface area contributed by atoms with Crippen LogP contribution in [0.4, 0.5) is 0 Å². The highest BCUT2D eigenvalue weighted by atomic mass is 15.2. The van der Waals surface area contributed by atoms with Crippen molar-refractivity contribution in [2.75, 3.05) is 13.6 Å². The minimum Gasteiger partial charge on any atom is -0.320 e. The number of rotatable bonds is 0. The zero-order chi connectivity index (χ0) is 7.98. The van der Waals surface area contributed by atoms with Gasteiger partial charge in [0.15, 0.2) is 0 Å². The van der Waals surface area contributed by atoms with Crippen molar-refractivity contribution in [1.82, 2.24) is 10.6 Å². The van der Waals surface area contributed by atoms with E-state index < -0.39 is 0 Å². The second-order valence-corrected chi connectivity index (χ2v) is 2.42. The van der Waals surface area contributed by atoms with Crippen molar-refractivity contribution >= 4 is 0 Å². The first-order chi connectivity index (χ1) is 4.70. The Kier molecular flexibility index (Phi) is 4.91. The largest absolute Gasteiger partial charge is 0.320 e. The second-order valence-electron chi connectivity index (χ2n) is 2.42. The van der Waals surface area contributed by atoms with E-state index in [0.29, 0.717) is 12.2 Å². The normalized spacial score (nSPS) is 30.2. The summed E-state index contributed by atoms with van der Waals surface area (Å²) >= 11 is 0. The van der Waals surface area contributed by atoms with Crippen LogP contribution < -0.4 is 10.6 Å². The highest BCUT2D eigenvalue weighted by Crippen LogP contribution is 1.89. The van der Waals surface area contributed by atoms with Crippen molar-refractivity contribution in [2.45, 2.75) is 26.1 Å². The fraction of sp³-hybridized carbons (Fsp3) is 0.857. The van der Waals surface area contributed by atoms with Crippen molar-refractivity contribution in [2.24, 2.45) is 0 Å². The molecule has 3 heteroatoms. The van der Waals surface area contributed by atoms with Crippen molar-refractivity contribution < 1.29 is 0 Å². The molecule has 1 rings (SSSR count). The molecule has 0 aromatic rings. The average molecular weight is 141 g/mol. The zero-order valence-electron chi connectivity index (χ0n) is 6.81. The van der Waals surface area contributed by atoms with Gasteiger partial charge >= 0.3 is 0 Å². The lowest BCUT2D eigenvalue weighted by atomic mass is 10.4. The molecule has 58 valence electrons. The molecule has 0 aliphatic carbocycles. The average Bonchev–Trinajstić information content (AvgIpc) is 2.17. The Labute approximate surface area is 62.6 Å². The van der Waals surface area contributed by atoms with Gasteiger partial charge in [-0.2, -0.15) is 0 Å². The van der Waals surface area contributed by atoms with Gasteiger partial charge in [0.05, 0.1) is 6.17 Å². The van der Waals surface area contributed by atoms with Gasteiger partial charge in [-0.15, -0.1) is 0 Å². The molecule has 1 aliphatic rings. The fourth-order valence-electron chi connectivity index (χ4n) is 0.898. The highest BCUT2D eigenvalue weighted by Gasteiger charge is 2.12. The van der Waals surface area contributed by atoms with Gasteiger partial charge in [-0.1, -0.05) is 0 Å². The van der Waals surface area contributed by atoms with E-state index in [0.717, 1.165) is 6.54 Å². The quantitative estimate of drug-likeness (QED) is 0.479. The molecule has 0 aromatic heterocycles. The van der Waals surface area contributed by atoms with E-state index in [4.69, 9.17) is 6.57 Å². The standard InChI is InChI=1S/C5H12N2.C2H3N/c1-4-3-6-5(2)7-4;1-3-2/h4-7H,3H2,1-2H3;1H3. The van der Waals surface area contributed by atoms with E-state index in [1.165, 1.54) is 7.05 Å². The minimum absolute atomic E-state index is 0.523. The van der Waals surface area contributed by atoms with Gasteiger partial charge in [0.1, 0.15) is 0 Å². The smallest absolute Gasteiger partial charge is 0.205 e. The highest BCUT2D eigenvalue weighted by molar-refractivity contribution is 4.75. The lowest BCUT2D eigenvalue weighted by Crippen LogP contribution is -2.28. The van der Waals surface area contributed by atoms with Crippen molar-refractivity contribution in [1.29, 1.82) is 0 Å². The minimum atomic E-state index is 0.523. The van der Waals surface area contributed by atoms with Gasteiger partial charge < -0.3 is 10.2 Å². The Hall–Kier alpha value is -0.590. The molecule has 2 atom stereocenters. The topological polar surface area (TPSA) is 28.4 Å². The van der Waals surface area contributed by atoms with Crippen LogP contribution in [0.5, 0.6) is 0 Å². The van der Waals surface area contributed by atoms with Crippen LogP contribution in [0.2, 0.25) is 0 Å². The molecule has 0 saturated carbocycles. The Morgan fingerprint density at radius 1 is 1.50 bits per heavy atom. The van der Waals surface area contributed by atoms with Crippen LogP contribution in [0.25, 0.3) is 4.85 Å². The Balaban J connectivity index is 0.000000236. The molecule has 2 unspecified atom stereocenters. The molecule has 10 heavy (non-hydrogen) atoms. The van der Waals surface area contributed by atoms with Crippen LogP contribution in [-0.2, 0) is 0 Å². The van der Waals surface area contributed by atoms with E-state index in [1.807, 2.05) is 0 Å². The van der Waals surface area contributed by atoms with Crippen LogP contribution in [0.15, 0.2) is 0 Å². The summed E-state index contributed by atoms with van der Waals surface area (Å²) in [5.41, 5.74) is 0. The maximum atomic E-state index is 5.83. The van der Waals surface area contributed by atoms with Gasteiger partial charge in [0.25, 0.3) is 0 Å². The summed E-state index contributed by atoms with van der Waals surface area (Å²) in [5.74, 6) is 0. The summed E-state index contributed by atoms with van der Waals surface area (Å²) in [6.07, 6.45) is 0.523. The number of hydrogen-bond donors (Lipinski definition) is 2. The summed E-state index contributed by atoms with van der Waals surface area (Å²) in [7, 11) is 1.42. The molecule has 0 bridgehead atoms. The second kappa shape index (κ2) is 5.21. The zero-order valence-corrected chi connectivity index (χ0v) is 6.81. The number of hydrogen-bond acceptors (Lipinski definition) is 2. The number of nitrogens with one attached hydrogen (secondary N) is 2. The lowest BCUT2D eigenvalue weighted by molar-refractivity contribution is 0.576. The molecule has 0 radical (unpaired) electrons. The van der Waals surface area contributed by atoms with Gasteiger partial charge in [0, 0.05) is 12.6 Å². The first-order valence-corrected chi connectivity index (χ1v) is 3.45. The third-order valence-corrected chi connectivity index (χ3v) is 1.26. The van der Waals surface area contributed by atoms with Crippen LogP contribution in [0, 0.1) is 6.57 Å². The monoisotopic (exact) mass is 141 g/mol. The molecule has 0 aromatic carbocycles. The maximum absolute atomic E-state index is 5.83. The molecule has 1 saturated heterocycles.